The van der Waals surface area contributed by atoms with Crippen molar-refractivity contribution in [3.8, 4) is 0 Å². The van der Waals surface area contributed by atoms with Gasteiger partial charge in [0.2, 0.25) is 11.8 Å². The summed E-state index contributed by atoms with van der Waals surface area (Å²) >= 11 is 0. The molecular weight excluding hydrogens is 508 g/mol. The molecule has 0 aliphatic carbocycles. The summed E-state index contributed by atoms with van der Waals surface area (Å²) in [5.74, 6) is -1.42. The number of fused-ring (bicyclic) bond motifs is 1. The van der Waals surface area contributed by atoms with E-state index >= 15 is 0 Å². The molecule has 0 bridgehead atoms. The maximum absolute atomic E-state index is 13.9. The quantitative estimate of drug-likeness (QED) is 0.277. The van der Waals surface area contributed by atoms with Gasteiger partial charge in [-0.3, -0.25) is 9.59 Å². The van der Waals surface area contributed by atoms with E-state index in [0.717, 1.165) is 24.2 Å². The molecule has 2 amide bonds. The van der Waals surface area contributed by atoms with Crippen LogP contribution < -0.4 is 10.2 Å². The molecule has 5 nitrogen and oxygen atoms in total. The number of benzene rings is 4. The second kappa shape index (κ2) is 12.6. The Bertz CT molecular complexity index is 1440. The maximum Gasteiger partial charge on any atom is 0.247 e. The standard InChI is InChI=1S/C33H31F2N3O2/c34-28-14-10-25(11-15-28)23-38(31(39)19-21-37-20-18-26-8-4-5-9-30(26)37)32(27-12-16-29(35)17-13-27)33(40)36-22-24-6-2-1-3-7-24/h1-17,32H,18-23H2,(H,36,40)/t32-/m1/s1. The number of amides is 2. The average Bonchev–Trinajstić information content (AvgIpc) is 3.40. The maximum atomic E-state index is 13.9. The lowest BCUT2D eigenvalue weighted by Gasteiger charge is -2.32. The third-order valence-electron chi connectivity index (χ3n) is 7.22. The van der Waals surface area contributed by atoms with Crippen molar-refractivity contribution in [2.24, 2.45) is 0 Å². The van der Waals surface area contributed by atoms with Crippen molar-refractivity contribution >= 4 is 17.5 Å². The van der Waals surface area contributed by atoms with E-state index in [9.17, 15) is 18.4 Å². The first-order valence-electron chi connectivity index (χ1n) is 13.4. The van der Waals surface area contributed by atoms with Crippen molar-refractivity contribution in [1.29, 1.82) is 0 Å². The molecule has 7 heteroatoms. The van der Waals surface area contributed by atoms with E-state index in [0.29, 0.717) is 17.7 Å². The summed E-state index contributed by atoms with van der Waals surface area (Å²) in [7, 11) is 0. The third kappa shape index (κ3) is 6.54. The van der Waals surface area contributed by atoms with Gasteiger partial charge in [0.05, 0.1) is 0 Å². The minimum Gasteiger partial charge on any atom is -0.370 e. The normalized spacial score (nSPS) is 13.0. The summed E-state index contributed by atoms with van der Waals surface area (Å²) in [4.78, 5) is 31.4. The largest absolute Gasteiger partial charge is 0.370 e. The van der Waals surface area contributed by atoms with Crippen LogP contribution >= 0.6 is 0 Å². The molecule has 1 atom stereocenters. The summed E-state index contributed by atoms with van der Waals surface area (Å²) in [6.45, 7) is 1.69. The lowest BCUT2D eigenvalue weighted by atomic mass is 10.0. The fourth-order valence-corrected chi connectivity index (χ4v) is 5.12. The highest BCUT2D eigenvalue weighted by atomic mass is 19.1. The Hall–Kier alpha value is -4.52. The molecule has 0 unspecified atom stereocenters. The van der Waals surface area contributed by atoms with E-state index in [1.54, 1.807) is 12.1 Å². The van der Waals surface area contributed by atoms with Crippen LogP contribution in [0.15, 0.2) is 103 Å². The SMILES string of the molecule is O=C(NCc1ccccc1)[C@@H](c1ccc(F)cc1)N(Cc1ccc(F)cc1)C(=O)CCN1CCc2ccccc21. The van der Waals surface area contributed by atoms with Gasteiger partial charge in [0, 0.05) is 38.3 Å². The Balaban J connectivity index is 1.42. The molecule has 4 aromatic carbocycles. The first kappa shape index (κ1) is 27.1. The van der Waals surface area contributed by atoms with E-state index in [4.69, 9.17) is 0 Å². The lowest BCUT2D eigenvalue weighted by molar-refractivity contribution is -0.141. The molecule has 0 spiro atoms. The zero-order chi connectivity index (χ0) is 27.9. The van der Waals surface area contributed by atoms with Crippen LogP contribution in [0.3, 0.4) is 0 Å². The minimum absolute atomic E-state index is 0.0938. The molecule has 1 heterocycles. The van der Waals surface area contributed by atoms with Gasteiger partial charge >= 0.3 is 0 Å². The summed E-state index contributed by atoms with van der Waals surface area (Å²) in [6.07, 6.45) is 1.10. The molecular formula is C33H31F2N3O2. The Morgan fingerprint density at radius 2 is 1.45 bits per heavy atom. The van der Waals surface area contributed by atoms with Gasteiger partial charge in [-0.15, -0.1) is 0 Å². The van der Waals surface area contributed by atoms with Crippen molar-refractivity contribution in [3.63, 3.8) is 0 Å². The van der Waals surface area contributed by atoms with Gasteiger partial charge < -0.3 is 15.1 Å². The van der Waals surface area contributed by atoms with E-state index in [1.807, 2.05) is 42.5 Å². The zero-order valence-corrected chi connectivity index (χ0v) is 22.1. The highest BCUT2D eigenvalue weighted by molar-refractivity contribution is 5.89. The predicted molar refractivity (Wildman–Crippen MR) is 151 cm³/mol. The highest BCUT2D eigenvalue weighted by Gasteiger charge is 2.32. The zero-order valence-electron chi connectivity index (χ0n) is 22.1. The van der Waals surface area contributed by atoms with Crippen LogP contribution in [0.5, 0.6) is 0 Å². The van der Waals surface area contributed by atoms with Gasteiger partial charge in [-0.2, -0.15) is 0 Å². The highest BCUT2D eigenvalue weighted by Crippen LogP contribution is 2.29. The Morgan fingerprint density at radius 3 is 2.17 bits per heavy atom. The van der Waals surface area contributed by atoms with Crippen LogP contribution in [-0.4, -0.2) is 29.8 Å². The van der Waals surface area contributed by atoms with Crippen LogP contribution in [0.4, 0.5) is 14.5 Å². The number of hydrogen-bond acceptors (Lipinski definition) is 3. The second-order valence-corrected chi connectivity index (χ2v) is 9.92. The van der Waals surface area contributed by atoms with Crippen molar-refractivity contribution in [2.75, 3.05) is 18.0 Å². The third-order valence-corrected chi connectivity index (χ3v) is 7.22. The number of halogens is 2. The number of para-hydroxylation sites is 1. The van der Waals surface area contributed by atoms with Gasteiger partial charge in [-0.05, 0) is 59.0 Å². The number of nitrogens with one attached hydrogen (secondary N) is 1. The van der Waals surface area contributed by atoms with Gasteiger partial charge in [-0.1, -0.05) is 72.8 Å². The van der Waals surface area contributed by atoms with Crippen LogP contribution in [-0.2, 0) is 29.1 Å². The molecule has 4 aromatic rings. The molecule has 1 N–H and O–H groups in total. The lowest BCUT2D eigenvalue weighted by Crippen LogP contribution is -2.44. The number of nitrogens with zero attached hydrogens (tertiary/aromatic N) is 2. The number of hydrogen-bond donors (Lipinski definition) is 1. The Labute approximate surface area is 233 Å². The predicted octanol–water partition coefficient (Wildman–Crippen LogP) is 5.80. The number of anilines is 1. The molecule has 0 aromatic heterocycles. The fraction of sp³-hybridized carbons (Fsp3) is 0.212. The Morgan fingerprint density at radius 1 is 0.800 bits per heavy atom. The number of carbonyl (C=O) groups is 2. The average molecular weight is 540 g/mol. The summed E-state index contributed by atoms with van der Waals surface area (Å²) < 4.78 is 27.5. The second-order valence-electron chi connectivity index (χ2n) is 9.92. The van der Waals surface area contributed by atoms with Gasteiger partial charge in [0.15, 0.2) is 0 Å². The summed E-state index contributed by atoms with van der Waals surface area (Å²) in [5.41, 5.74) is 4.47. The number of rotatable bonds is 10. The van der Waals surface area contributed by atoms with E-state index in [-0.39, 0.29) is 37.1 Å². The Kier molecular flexibility index (Phi) is 8.50. The topological polar surface area (TPSA) is 52.7 Å². The van der Waals surface area contributed by atoms with Gasteiger partial charge in [-0.25, -0.2) is 8.78 Å². The molecule has 0 saturated carbocycles. The first-order valence-corrected chi connectivity index (χ1v) is 13.4. The van der Waals surface area contributed by atoms with E-state index in [2.05, 4.69) is 22.3 Å². The summed E-state index contributed by atoms with van der Waals surface area (Å²) in [5, 5.41) is 2.96. The minimum atomic E-state index is -1.01. The molecule has 1 aliphatic heterocycles. The smallest absolute Gasteiger partial charge is 0.247 e. The van der Waals surface area contributed by atoms with Crippen LogP contribution in [0.2, 0.25) is 0 Å². The molecule has 204 valence electrons. The molecule has 0 saturated heterocycles. The first-order chi connectivity index (χ1) is 19.5. The van der Waals surface area contributed by atoms with Crippen LogP contribution in [0.25, 0.3) is 0 Å². The van der Waals surface area contributed by atoms with Crippen LogP contribution in [0, 0.1) is 11.6 Å². The van der Waals surface area contributed by atoms with Crippen molar-refractivity contribution in [1.82, 2.24) is 10.2 Å². The fourth-order valence-electron chi connectivity index (χ4n) is 5.12. The molecule has 5 rings (SSSR count). The van der Waals surface area contributed by atoms with Crippen LogP contribution in [0.1, 0.15) is 34.7 Å². The molecule has 1 aliphatic rings. The van der Waals surface area contributed by atoms with E-state index < -0.39 is 11.9 Å². The van der Waals surface area contributed by atoms with Crippen molar-refractivity contribution in [2.45, 2.75) is 32.0 Å². The monoisotopic (exact) mass is 539 g/mol. The van der Waals surface area contributed by atoms with Gasteiger partial charge in [0.25, 0.3) is 0 Å². The number of carbonyl (C=O) groups excluding carboxylic acids is 2. The molecule has 0 radical (unpaired) electrons. The molecule has 40 heavy (non-hydrogen) atoms. The van der Waals surface area contributed by atoms with Gasteiger partial charge in [0.1, 0.15) is 17.7 Å². The summed E-state index contributed by atoms with van der Waals surface area (Å²) in [6, 6.07) is 28.2. The van der Waals surface area contributed by atoms with Crippen molar-refractivity contribution < 1.29 is 18.4 Å². The molecule has 0 fully saturated rings. The van der Waals surface area contributed by atoms with Crippen molar-refractivity contribution in [3.05, 3.63) is 137 Å². The van der Waals surface area contributed by atoms with E-state index in [1.165, 1.54) is 46.9 Å².